The minimum atomic E-state index is 0.245. The van der Waals surface area contributed by atoms with Gasteiger partial charge in [-0.1, -0.05) is 40.1 Å². The molecule has 0 aliphatic heterocycles. The molecule has 0 aliphatic rings. The number of aromatic nitrogens is 5. The fraction of sp³-hybridized carbons (Fsp3) is 0.556. The lowest BCUT2D eigenvalue weighted by Crippen LogP contribution is -2.02. The molecule has 0 bridgehead atoms. The van der Waals surface area contributed by atoms with E-state index in [-0.39, 0.29) is 5.92 Å². The number of hydrogen-bond donors (Lipinski definition) is 0. The molecule has 0 radical (unpaired) electrons. The minimum absolute atomic E-state index is 0.245. The highest BCUT2D eigenvalue weighted by Crippen LogP contribution is 2.11. The van der Waals surface area contributed by atoms with E-state index in [0.29, 0.717) is 23.6 Å². The number of alkyl halides is 1. The molecule has 16 heavy (non-hydrogen) atoms. The molecule has 6 nitrogen and oxygen atoms in total. The molecule has 0 aliphatic carbocycles. The second-order valence-electron chi connectivity index (χ2n) is 3.74. The van der Waals surface area contributed by atoms with Gasteiger partial charge in [-0.3, -0.25) is 0 Å². The highest BCUT2D eigenvalue weighted by Gasteiger charge is 2.10. The topological polar surface area (TPSA) is 69.6 Å². The lowest BCUT2D eigenvalue weighted by atomic mass is 10.2. The van der Waals surface area contributed by atoms with Gasteiger partial charge in [-0.05, 0) is 0 Å². The molecule has 2 heterocycles. The quantitative estimate of drug-likeness (QED) is 0.800. The lowest BCUT2D eigenvalue weighted by Gasteiger charge is -1.93. The molecule has 2 rings (SSSR count). The molecular weight excluding hydrogens is 274 g/mol. The van der Waals surface area contributed by atoms with Crippen molar-refractivity contribution >= 4 is 15.9 Å². The molecule has 0 saturated carbocycles. The van der Waals surface area contributed by atoms with Crippen molar-refractivity contribution in [2.24, 2.45) is 0 Å². The maximum absolute atomic E-state index is 5.10. The Morgan fingerprint density at radius 2 is 2.31 bits per heavy atom. The van der Waals surface area contributed by atoms with Gasteiger partial charge >= 0.3 is 0 Å². The van der Waals surface area contributed by atoms with Crippen molar-refractivity contribution in [3.8, 4) is 0 Å². The molecule has 2 aromatic heterocycles. The zero-order valence-electron chi connectivity index (χ0n) is 9.09. The largest absolute Gasteiger partial charge is 0.339 e. The van der Waals surface area contributed by atoms with Crippen molar-refractivity contribution < 1.29 is 4.52 Å². The molecule has 7 heteroatoms. The van der Waals surface area contributed by atoms with E-state index >= 15 is 0 Å². The van der Waals surface area contributed by atoms with Gasteiger partial charge in [0.1, 0.15) is 6.54 Å². The first-order valence-corrected chi connectivity index (χ1v) is 6.08. The Kier molecular flexibility index (Phi) is 3.33. The molecule has 2 aromatic rings. The third-order valence-corrected chi connectivity index (χ3v) is 2.58. The number of hydrogen-bond acceptors (Lipinski definition) is 5. The average molecular weight is 286 g/mol. The van der Waals surface area contributed by atoms with Gasteiger partial charge in [0, 0.05) is 17.4 Å². The summed E-state index contributed by atoms with van der Waals surface area (Å²) in [5.41, 5.74) is 0.882. The van der Waals surface area contributed by atoms with Crippen LogP contribution in [0.1, 0.15) is 37.2 Å². The predicted molar refractivity (Wildman–Crippen MR) is 60.1 cm³/mol. The minimum Gasteiger partial charge on any atom is -0.339 e. The van der Waals surface area contributed by atoms with Gasteiger partial charge in [-0.15, -0.1) is 5.10 Å². The monoisotopic (exact) mass is 285 g/mol. The normalized spacial score (nSPS) is 11.2. The van der Waals surface area contributed by atoms with Crippen molar-refractivity contribution in [3.63, 3.8) is 0 Å². The molecule has 0 aromatic carbocycles. The summed E-state index contributed by atoms with van der Waals surface area (Å²) in [6.07, 6.45) is 1.85. The van der Waals surface area contributed by atoms with Crippen LogP contribution in [0.4, 0.5) is 0 Å². The van der Waals surface area contributed by atoms with Crippen LogP contribution in [0.3, 0.4) is 0 Å². The van der Waals surface area contributed by atoms with Gasteiger partial charge < -0.3 is 4.52 Å². The fourth-order valence-electron chi connectivity index (χ4n) is 1.19. The van der Waals surface area contributed by atoms with E-state index in [2.05, 4.69) is 36.4 Å². The molecule has 0 saturated heterocycles. The fourth-order valence-corrected chi connectivity index (χ4v) is 1.45. The molecule has 0 amide bonds. The van der Waals surface area contributed by atoms with Gasteiger partial charge in [0.15, 0.2) is 5.82 Å². The number of halogens is 1. The third kappa shape index (κ3) is 2.46. The standard InChI is InChI=1S/C9H12BrN5O/c1-6(2)9-11-8(13-16-9)5-15-4-7(3-10)12-14-15/h4,6H,3,5H2,1-2H3. The first kappa shape index (κ1) is 11.3. The van der Waals surface area contributed by atoms with E-state index in [9.17, 15) is 0 Å². The predicted octanol–water partition coefficient (Wildman–Crippen LogP) is 1.73. The Hall–Kier alpha value is -1.24. The molecular formula is C9H12BrN5O. The summed E-state index contributed by atoms with van der Waals surface area (Å²) >= 11 is 3.31. The zero-order chi connectivity index (χ0) is 11.5. The van der Waals surface area contributed by atoms with Crippen LogP contribution in [-0.2, 0) is 11.9 Å². The van der Waals surface area contributed by atoms with Crippen molar-refractivity contribution in [3.05, 3.63) is 23.6 Å². The van der Waals surface area contributed by atoms with Crippen molar-refractivity contribution in [2.75, 3.05) is 0 Å². The van der Waals surface area contributed by atoms with Gasteiger partial charge in [0.2, 0.25) is 5.89 Å². The van der Waals surface area contributed by atoms with Crippen LogP contribution in [0, 0.1) is 0 Å². The van der Waals surface area contributed by atoms with Gasteiger partial charge in [-0.2, -0.15) is 4.98 Å². The van der Waals surface area contributed by atoms with Crippen molar-refractivity contribution in [2.45, 2.75) is 31.6 Å². The van der Waals surface area contributed by atoms with E-state index in [1.807, 2.05) is 20.0 Å². The lowest BCUT2D eigenvalue weighted by molar-refractivity contribution is 0.359. The van der Waals surface area contributed by atoms with Crippen LogP contribution in [-0.4, -0.2) is 25.1 Å². The number of rotatable bonds is 4. The zero-order valence-corrected chi connectivity index (χ0v) is 10.7. The Bertz CT molecular complexity index is 464. The van der Waals surface area contributed by atoms with Crippen LogP contribution >= 0.6 is 15.9 Å². The van der Waals surface area contributed by atoms with E-state index in [4.69, 9.17) is 4.52 Å². The molecule has 86 valence electrons. The van der Waals surface area contributed by atoms with Crippen LogP contribution in [0.5, 0.6) is 0 Å². The third-order valence-electron chi connectivity index (χ3n) is 2.00. The SMILES string of the molecule is CC(C)c1nc(Cn2cc(CBr)nn2)no1. The maximum Gasteiger partial charge on any atom is 0.229 e. The first-order chi connectivity index (χ1) is 7.69. The highest BCUT2D eigenvalue weighted by molar-refractivity contribution is 9.08. The highest BCUT2D eigenvalue weighted by atomic mass is 79.9. The Balaban J connectivity index is 2.08. The van der Waals surface area contributed by atoms with Crippen LogP contribution < -0.4 is 0 Å². The van der Waals surface area contributed by atoms with E-state index < -0.39 is 0 Å². The second-order valence-corrected chi connectivity index (χ2v) is 4.31. The summed E-state index contributed by atoms with van der Waals surface area (Å²) in [5.74, 6) is 1.51. The summed E-state index contributed by atoms with van der Waals surface area (Å²) in [7, 11) is 0. The van der Waals surface area contributed by atoms with Crippen LogP contribution in [0.25, 0.3) is 0 Å². The van der Waals surface area contributed by atoms with Gasteiger partial charge in [0.25, 0.3) is 0 Å². The molecule has 0 N–H and O–H groups in total. The van der Waals surface area contributed by atoms with E-state index in [0.717, 1.165) is 5.69 Å². The Morgan fingerprint density at radius 3 is 2.88 bits per heavy atom. The van der Waals surface area contributed by atoms with E-state index in [1.165, 1.54) is 0 Å². The van der Waals surface area contributed by atoms with Crippen LogP contribution in [0.2, 0.25) is 0 Å². The average Bonchev–Trinajstić information content (AvgIpc) is 2.87. The summed E-state index contributed by atoms with van der Waals surface area (Å²) in [5, 5.41) is 12.5. The Labute approximate surface area is 101 Å². The molecule has 0 spiro atoms. The Morgan fingerprint density at radius 1 is 1.50 bits per heavy atom. The first-order valence-electron chi connectivity index (χ1n) is 4.96. The van der Waals surface area contributed by atoms with Gasteiger partial charge in [0.05, 0.1) is 5.69 Å². The number of nitrogens with zero attached hydrogens (tertiary/aromatic N) is 5. The smallest absolute Gasteiger partial charge is 0.229 e. The van der Waals surface area contributed by atoms with Crippen molar-refractivity contribution in [1.29, 1.82) is 0 Å². The summed E-state index contributed by atoms with van der Waals surface area (Å²) in [6, 6.07) is 0. The molecule has 0 atom stereocenters. The van der Waals surface area contributed by atoms with Crippen molar-refractivity contribution in [1.82, 2.24) is 25.1 Å². The van der Waals surface area contributed by atoms with E-state index in [1.54, 1.807) is 4.68 Å². The molecule has 0 fully saturated rings. The summed E-state index contributed by atoms with van der Waals surface area (Å²) in [6.45, 7) is 4.50. The summed E-state index contributed by atoms with van der Waals surface area (Å²) < 4.78 is 6.79. The maximum atomic E-state index is 5.10. The second kappa shape index (κ2) is 4.73. The molecule has 0 unspecified atom stereocenters. The van der Waals surface area contributed by atoms with Gasteiger partial charge in [-0.25, -0.2) is 4.68 Å². The summed E-state index contributed by atoms with van der Waals surface area (Å²) in [4.78, 5) is 4.26. The van der Waals surface area contributed by atoms with Crippen LogP contribution in [0.15, 0.2) is 10.7 Å².